The van der Waals surface area contributed by atoms with Crippen LogP contribution in [0.15, 0.2) is 53.5 Å². The zero-order chi connectivity index (χ0) is 22.1. The molecule has 0 aromatic heterocycles. The molecule has 172 valence electrons. The van der Waals surface area contributed by atoms with Gasteiger partial charge in [0.1, 0.15) is 5.75 Å². The Hall–Kier alpha value is -2.82. The van der Waals surface area contributed by atoms with Crippen molar-refractivity contribution in [1.82, 2.24) is 16.0 Å². The largest absolute Gasteiger partial charge is 0.493 e. The van der Waals surface area contributed by atoms with Gasteiger partial charge in [-0.2, -0.15) is 0 Å². The van der Waals surface area contributed by atoms with Crippen molar-refractivity contribution < 1.29 is 14.3 Å². The number of nitrogens with zero attached hydrogens (tertiary/aromatic N) is 1. The van der Waals surface area contributed by atoms with Crippen LogP contribution >= 0.6 is 24.0 Å². The number of hydrogen-bond acceptors (Lipinski definition) is 4. The van der Waals surface area contributed by atoms with Gasteiger partial charge in [0.25, 0.3) is 5.91 Å². The number of aliphatic imine (C=N–C) groups is 1. The van der Waals surface area contributed by atoms with Crippen LogP contribution in [-0.4, -0.2) is 38.0 Å². The summed E-state index contributed by atoms with van der Waals surface area (Å²) in [6.45, 7) is 1.74. The quantitative estimate of drug-likeness (QED) is 0.205. The number of primary amides is 1. The second-order valence-corrected chi connectivity index (χ2v) is 7.49. The molecule has 1 aliphatic carbocycles. The normalized spacial score (nSPS) is 13.0. The Bertz CT molecular complexity index is 929. The van der Waals surface area contributed by atoms with E-state index in [-0.39, 0.29) is 36.4 Å². The van der Waals surface area contributed by atoms with Gasteiger partial charge in [0.05, 0.1) is 13.2 Å². The van der Waals surface area contributed by atoms with Gasteiger partial charge in [-0.15, -0.1) is 24.0 Å². The molecule has 0 aliphatic heterocycles. The predicted octanol–water partition coefficient (Wildman–Crippen LogP) is 2.17. The summed E-state index contributed by atoms with van der Waals surface area (Å²) >= 11 is 0. The first-order valence-electron chi connectivity index (χ1n) is 10.4. The third-order valence-electron chi connectivity index (χ3n) is 4.91. The van der Waals surface area contributed by atoms with Gasteiger partial charge in [-0.3, -0.25) is 14.6 Å². The number of carbonyl (C=O) groups is 2. The number of ether oxygens (including phenoxy) is 1. The summed E-state index contributed by atoms with van der Waals surface area (Å²) in [5.74, 6) is 1.36. The van der Waals surface area contributed by atoms with Crippen molar-refractivity contribution in [3.63, 3.8) is 0 Å². The van der Waals surface area contributed by atoms with E-state index in [2.05, 4.69) is 20.9 Å². The Morgan fingerprint density at radius 1 is 1.03 bits per heavy atom. The summed E-state index contributed by atoms with van der Waals surface area (Å²) in [5, 5.41) is 9.03. The lowest BCUT2D eigenvalue weighted by Gasteiger charge is -2.15. The maximum absolute atomic E-state index is 11.9. The van der Waals surface area contributed by atoms with Gasteiger partial charge in [-0.25, -0.2) is 0 Å². The Morgan fingerprint density at radius 2 is 1.72 bits per heavy atom. The minimum Gasteiger partial charge on any atom is -0.493 e. The third-order valence-corrected chi connectivity index (χ3v) is 4.91. The van der Waals surface area contributed by atoms with Crippen LogP contribution in [0.2, 0.25) is 0 Å². The number of benzene rings is 2. The number of rotatable bonds is 10. The Balaban J connectivity index is 0.00000363. The van der Waals surface area contributed by atoms with Crippen molar-refractivity contribution in [2.24, 2.45) is 16.6 Å². The maximum Gasteiger partial charge on any atom is 0.251 e. The van der Waals surface area contributed by atoms with Crippen molar-refractivity contribution in [2.45, 2.75) is 25.9 Å². The highest BCUT2D eigenvalue weighted by Crippen LogP contribution is 2.30. The second kappa shape index (κ2) is 12.9. The van der Waals surface area contributed by atoms with Crippen molar-refractivity contribution in [3.8, 4) is 5.75 Å². The van der Waals surface area contributed by atoms with Crippen LogP contribution < -0.4 is 26.4 Å². The highest BCUT2D eigenvalue weighted by Gasteiger charge is 2.22. The van der Waals surface area contributed by atoms with Crippen molar-refractivity contribution in [1.29, 1.82) is 0 Å². The van der Waals surface area contributed by atoms with E-state index in [0.29, 0.717) is 30.5 Å². The zero-order valence-electron chi connectivity index (χ0n) is 18.1. The average molecular weight is 551 g/mol. The molecule has 0 spiro atoms. The standard InChI is InChI=1S/C23H29N5O3.HI/c1-25-23(28-13-19-4-2-3-5-20(19)31-15-17-6-7-17)27-12-16-8-10-18(11-9-16)22(30)26-14-21(24)29;/h2-5,8-11,17H,6-7,12-15H2,1H3,(H2,24,29)(H,26,30)(H2,25,27,28);1H. The highest BCUT2D eigenvalue weighted by atomic mass is 127. The number of para-hydroxylation sites is 1. The topological polar surface area (TPSA) is 118 Å². The Morgan fingerprint density at radius 3 is 2.38 bits per heavy atom. The van der Waals surface area contributed by atoms with Crippen LogP contribution in [0.4, 0.5) is 0 Å². The third kappa shape index (κ3) is 8.37. The summed E-state index contributed by atoms with van der Waals surface area (Å²) in [7, 11) is 1.72. The van der Waals surface area contributed by atoms with E-state index >= 15 is 0 Å². The molecule has 2 aromatic carbocycles. The van der Waals surface area contributed by atoms with Crippen LogP contribution in [0, 0.1) is 5.92 Å². The molecule has 9 heteroatoms. The number of amides is 2. The van der Waals surface area contributed by atoms with Crippen LogP contribution in [0.3, 0.4) is 0 Å². The number of carbonyl (C=O) groups excluding carboxylic acids is 2. The Kier molecular flexibility index (Phi) is 10.3. The number of hydrogen-bond donors (Lipinski definition) is 4. The lowest BCUT2D eigenvalue weighted by Crippen LogP contribution is -2.36. The van der Waals surface area contributed by atoms with Crippen molar-refractivity contribution >= 4 is 41.8 Å². The molecular formula is C23H30IN5O3. The summed E-state index contributed by atoms with van der Waals surface area (Å²) in [6.07, 6.45) is 2.52. The molecule has 32 heavy (non-hydrogen) atoms. The molecule has 0 radical (unpaired) electrons. The molecule has 2 aromatic rings. The molecule has 0 bridgehead atoms. The van der Waals surface area contributed by atoms with Crippen molar-refractivity contribution in [3.05, 3.63) is 65.2 Å². The molecule has 0 unspecified atom stereocenters. The van der Waals surface area contributed by atoms with Gasteiger partial charge in [0.2, 0.25) is 5.91 Å². The second-order valence-electron chi connectivity index (χ2n) is 7.49. The van der Waals surface area contributed by atoms with Gasteiger partial charge in [-0.05, 0) is 42.5 Å². The number of nitrogens with one attached hydrogen (secondary N) is 3. The lowest BCUT2D eigenvalue weighted by atomic mass is 10.1. The average Bonchev–Trinajstić information content (AvgIpc) is 3.61. The fraction of sp³-hybridized carbons (Fsp3) is 0.348. The first-order valence-corrected chi connectivity index (χ1v) is 10.4. The number of nitrogens with two attached hydrogens (primary N) is 1. The molecule has 0 atom stereocenters. The van der Waals surface area contributed by atoms with Gasteiger partial charge < -0.3 is 26.4 Å². The summed E-state index contributed by atoms with van der Waals surface area (Å²) in [6, 6.07) is 15.1. The van der Waals surface area contributed by atoms with E-state index < -0.39 is 5.91 Å². The zero-order valence-corrected chi connectivity index (χ0v) is 20.4. The fourth-order valence-corrected chi connectivity index (χ4v) is 2.91. The van der Waals surface area contributed by atoms with Gasteiger partial charge in [0, 0.05) is 31.3 Å². The van der Waals surface area contributed by atoms with Crippen LogP contribution in [0.25, 0.3) is 0 Å². The monoisotopic (exact) mass is 551 g/mol. The van der Waals surface area contributed by atoms with E-state index in [9.17, 15) is 9.59 Å². The maximum atomic E-state index is 11.9. The summed E-state index contributed by atoms with van der Waals surface area (Å²) in [4.78, 5) is 27.0. The smallest absolute Gasteiger partial charge is 0.251 e. The number of halogens is 1. The first-order chi connectivity index (χ1) is 15.0. The van der Waals surface area contributed by atoms with E-state index in [1.54, 1.807) is 19.2 Å². The molecule has 1 fully saturated rings. The molecule has 3 rings (SSSR count). The molecular weight excluding hydrogens is 521 g/mol. The van der Waals surface area contributed by atoms with Gasteiger partial charge >= 0.3 is 0 Å². The SMILES string of the molecule is CN=C(NCc1ccc(C(=O)NCC(N)=O)cc1)NCc1ccccc1OCC1CC1.I. The van der Waals surface area contributed by atoms with Crippen LogP contribution in [-0.2, 0) is 17.9 Å². The molecule has 1 aliphatic rings. The van der Waals surface area contributed by atoms with E-state index in [1.807, 2.05) is 36.4 Å². The van der Waals surface area contributed by atoms with Crippen LogP contribution in [0.5, 0.6) is 5.75 Å². The number of guanidine groups is 1. The molecule has 8 nitrogen and oxygen atoms in total. The lowest BCUT2D eigenvalue weighted by molar-refractivity contribution is -0.117. The minimum absolute atomic E-state index is 0. The highest BCUT2D eigenvalue weighted by molar-refractivity contribution is 14.0. The Labute approximate surface area is 205 Å². The molecule has 2 amide bonds. The van der Waals surface area contributed by atoms with Crippen LogP contribution in [0.1, 0.15) is 34.3 Å². The van der Waals surface area contributed by atoms with E-state index in [1.165, 1.54) is 12.8 Å². The fourth-order valence-electron chi connectivity index (χ4n) is 2.91. The first kappa shape index (κ1) is 25.4. The predicted molar refractivity (Wildman–Crippen MR) is 135 cm³/mol. The van der Waals surface area contributed by atoms with Crippen molar-refractivity contribution in [2.75, 3.05) is 20.2 Å². The van der Waals surface area contributed by atoms with E-state index in [0.717, 1.165) is 23.5 Å². The van der Waals surface area contributed by atoms with Gasteiger partial charge in [0.15, 0.2) is 5.96 Å². The molecule has 0 heterocycles. The minimum atomic E-state index is -0.579. The molecule has 0 saturated heterocycles. The summed E-state index contributed by atoms with van der Waals surface area (Å²) < 4.78 is 5.96. The van der Waals surface area contributed by atoms with Gasteiger partial charge in [-0.1, -0.05) is 30.3 Å². The summed E-state index contributed by atoms with van der Waals surface area (Å²) in [5.41, 5.74) is 7.57. The molecule has 1 saturated carbocycles. The van der Waals surface area contributed by atoms with E-state index in [4.69, 9.17) is 10.5 Å². The molecule has 5 N–H and O–H groups in total.